The lowest BCUT2D eigenvalue weighted by atomic mass is 10.1. The van der Waals surface area contributed by atoms with Gasteiger partial charge in [-0.3, -0.25) is 4.79 Å². The third-order valence-electron chi connectivity index (χ3n) is 3.53. The summed E-state index contributed by atoms with van der Waals surface area (Å²) in [6, 6.07) is 10.7. The van der Waals surface area contributed by atoms with Gasteiger partial charge in [0.25, 0.3) is 0 Å². The fraction of sp³-hybridized carbons (Fsp3) is 0.562. The smallest absolute Gasteiger partial charge is 0.233 e. The Morgan fingerprint density at radius 1 is 1.30 bits per heavy atom. The Kier molecular flexibility index (Phi) is 5.92. The average molecular weight is 293 g/mol. The topological polar surface area (TPSA) is 29.5 Å². The second-order valence-corrected chi connectivity index (χ2v) is 6.39. The molecule has 0 unspecified atom stereocenters. The number of nitrogens with zero attached hydrogens (tertiary/aromatic N) is 1. The molecule has 1 aromatic carbocycles. The third kappa shape index (κ3) is 4.25. The van der Waals surface area contributed by atoms with E-state index in [9.17, 15) is 4.79 Å². The highest BCUT2D eigenvalue weighted by atomic mass is 32.2. The maximum absolute atomic E-state index is 12.5. The summed E-state index contributed by atoms with van der Waals surface area (Å²) >= 11 is 1.62. The van der Waals surface area contributed by atoms with Crippen LogP contribution in [0.4, 0.5) is 0 Å². The number of benzene rings is 1. The fourth-order valence-electron chi connectivity index (χ4n) is 2.61. The van der Waals surface area contributed by atoms with E-state index in [1.807, 2.05) is 30.3 Å². The van der Waals surface area contributed by atoms with Crippen molar-refractivity contribution < 1.29 is 9.53 Å². The molecule has 1 heterocycles. The Balaban J connectivity index is 1.93. The molecule has 1 saturated heterocycles. The molecule has 0 aliphatic carbocycles. The van der Waals surface area contributed by atoms with Crippen molar-refractivity contribution in [2.24, 2.45) is 0 Å². The van der Waals surface area contributed by atoms with Crippen molar-refractivity contribution in [3.05, 3.63) is 30.3 Å². The second-order valence-electron chi connectivity index (χ2n) is 5.34. The molecule has 0 spiro atoms. The molecule has 0 bridgehead atoms. The lowest BCUT2D eigenvalue weighted by molar-refractivity contribution is -0.134. The van der Waals surface area contributed by atoms with Crippen molar-refractivity contribution in [1.29, 1.82) is 0 Å². The number of ether oxygens (including phenoxy) is 1. The van der Waals surface area contributed by atoms with Crippen LogP contribution in [0, 0.1) is 0 Å². The van der Waals surface area contributed by atoms with Crippen molar-refractivity contribution >= 4 is 17.7 Å². The van der Waals surface area contributed by atoms with Crippen LogP contribution < -0.4 is 0 Å². The van der Waals surface area contributed by atoms with Crippen LogP contribution in [0.3, 0.4) is 0 Å². The minimum Gasteiger partial charge on any atom is -0.381 e. The summed E-state index contributed by atoms with van der Waals surface area (Å²) in [6.07, 6.45) is 1.92. The van der Waals surface area contributed by atoms with Crippen molar-refractivity contribution in [3.63, 3.8) is 0 Å². The van der Waals surface area contributed by atoms with Crippen LogP contribution in [0.2, 0.25) is 0 Å². The molecule has 0 aromatic heterocycles. The maximum atomic E-state index is 12.5. The average Bonchev–Trinajstić information content (AvgIpc) is 2.47. The first kappa shape index (κ1) is 15.4. The standard InChI is InChI=1S/C16H23NO2S/c1-13(2)17(14-8-10-19-11-9-14)16(18)12-20-15-6-4-3-5-7-15/h3-7,13-14H,8-12H2,1-2H3. The van der Waals surface area contributed by atoms with Gasteiger partial charge in [0.15, 0.2) is 0 Å². The molecule has 0 radical (unpaired) electrons. The van der Waals surface area contributed by atoms with Crippen LogP contribution in [0.1, 0.15) is 26.7 Å². The quantitative estimate of drug-likeness (QED) is 0.781. The highest BCUT2D eigenvalue weighted by molar-refractivity contribution is 8.00. The lowest BCUT2D eigenvalue weighted by Crippen LogP contribution is -2.48. The molecule has 4 heteroatoms. The van der Waals surface area contributed by atoms with Gasteiger partial charge in [-0.1, -0.05) is 18.2 Å². The van der Waals surface area contributed by atoms with E-state index in [0.717, 1.165) is 31.0 Å². The lowest BCUT2D eigenvalue weighted by Gasteiger charge is -2.37. The SMILES string of the molecule is CC(C)N(C(=O)CSc1ccccc1)C1CCOCC1. The summed E-state index contributed by atoms with van der Waals surface area (Å²) in [5.41, 5.74) is 0. The fourth-order valence-corrected chi connectivity index (χ4v) is 3.40. The zero-order chi connectivity index (χ0) is 14.4. The van der Waals surface area contributed by atoms with Gasteiger partial charge in [-0.25, -0.2) is 0 Å². The predicted molar refractivity (Wildman–Crippen MR) is 83.0 cm³/mol. The monoisotopic (exact) mass is 293 g/mol. The van der Waals surface area contributed by atoms with Gasteiger partial charge in [-0.2, -0.15) is 0 Å². The summed E-state index contributed by atoms with van der Waals surface area (Å²) in [6.45, 7) is 5.74. The number of carbonyl (C=O) groups excluding carboxylic acids is 1. The van der Waals surface area contributed by atoms with Gasteiger partial charge in [-0.05, 0) is 38.8 Å². The highest BCUT2D eigenvalue weighted by Gasteiger charge is 2.27. The van der Waals surface area contributed by atoms with Crippen molar-refractivity contribution in [2.45, 2.75) is 43.7 Å². The molecule has 1 amide bonds. The summed E-state index contributed by atoms with van der Waals surface area (Å²) in [5, 5.41) is 0. The summed E-state index contributed by atoms with van der Waals surface area (Å²) < 4.78 is 5.40. The van der Waals surface area contributed by atoms with E-state index in [1.54, 1.807) is 11.8 Å². The van der Waals surface area contributed by atoms with E-state index in [0.29, 0.717) is 11.8 Å². The Bertz CT molecular complexity index is 416. The second kappa shape index (κ2) is 7.70. The first-order chi connectivity index (χ1) is 9.68. The van der Waals surface area contributed by atoms with Crippen LogP contribution in [0.5, 0.6) is 0 Å². The van der Waals surface area contributed by atoms with E-state index in [4.69, 9.17) is 4.74 Å². The van der Waals surface area contributed by atoms with E-state index in [-0.39, 0.29) is 11.9 Å². The first-order valence-corrected chi connectivity index (χ1v) is 8.24. The first-order valence-electron chi connectivity index (χ1n) is 7.25. The van der Waals surface area contributed by atoms with Crippen molar-refractivity contribution in [1.82, 2.24) is 4.90 Å². The normalized spacial score (nSPS) is 16.4. The molecule has 2 rings (SSSR count). The molecule has 1 fully saturated rings. The van der Waals surface area contributed by atoms with Gasteiger partial charge in [0.05, 0.1) is 5.75 Å². The van der Waals surface area contributed by atoms with E-state index < -0.39 is 0 Å². The van der Waals surface area contributed by atoms with Gasteiger partial charge in [0.1, 0.15) is 0 Å². The summed E-state index contributed by atoms with van der Waals surface area (Å²) in [7, 11) is 0. The van der Waals surface area contributed by atoms with Crippen LogP contribution in [-0.4, -0.2) is 41.9 Å². The predicted octanol–water partition coefficient (Wildman–Crippen LogP) is 3.19. The number of hydrogen-bond donors (Lipinski definition) is 0. The maximum Gasteiger partial charge on any atom is 0.233 e. The molecule has 20 heavy (non-hydrogen) atoms. The molecule has 1 aliphatic rings. The Hall–Kier alpha value is -1.00. The van der Waals surface area contributed by atoms with Crippen LogP contribution in [0.15, 0.2) is 35.2 Å². The molecule has 1 aromatic rings. The molecule has 0 atom stereocenters. The number of hydrogen-bond acceptors (Lipinski definition) is 3. The zero-order valence-corrected chi connectivity index (χ0v) is 13.1. The third-order valence-corrected chi connectivity index (χ3v) is 4.53. The number of amides is 1. The van der Waals surface area contributed by atoms with Crippen LogP contribution in [0.25, 0.3) is 0 Å². The van der Waals surface area contributed by atoms with Crippen molar-refractivity contribution in [2.75, 3.05) is 19.0 Å². The van der Waals surface area contributed by atoms with E-state index in [1.165, 1.54) is 0 Å². The minimum absolute atomic E-state index is 0.237. The van der Waals surface area contributed by atoms with Gasteiger partial charge in [0, 0.05) is 30.2 Å². The zero-order valence-electron chi connectivity index (χ0n) is 12.2. The molecule has 3 nitrogen and oxygen atoms in total. The van der Waals surface area contributed by atoms with Crippen LogP contribution in [-0.2, 0) is 9.53 Å². The number of rotatable bonds is 5. The molecule has 1 aliphatic heterocycles. The molecule has 0 saturated carbocycles. The van der Waals surface area contributed by atoms with E-state index >= 15 is 0 Å². The molecular weight excluding hydrogens is 270 g/mol. The highest BCUT2D eigenvalue weighted by Crippen LogP contribution is 2.22. The van der Waals surface area contributed by atoms with E-state index in [2.05, 4.69) is 18.7 Å². The van der Waals surface area contributed by atoms with Gasteiger partial charge < -0.3 is 9.64 Å². The molecular formula is C16H23NO2S. The number of thioether (sulfide) groups is 1. The van der Waals surface area contributed by atoms with Crippen LogP contribution >= 0.6 is 11.8 Å². The largest absolute Gasteiger partial charge is 0.381 e. The Morgan fingerprint density at radius 3 is 2.55 bits per heavy atom. The van der Waals surface area contributed by atoms with Gasteiger partial charge >= 0.3 is 0 Å². The summed E-state index contributed by atoms with van der Waals surface area (Å²) in [5.74, 6) is 0.750. The Morgan fingerprint density at radius 2 is 1.95 bits per heavy atom. The van der Waals surface area contributed by atoms with Crippen molar-refractivity contribution in [3.8, 4) is 0 Å². The minimum atomic E-state index is 0.237. The summed E-state index contributed by atoms with van der Waals surface area (Å²) in [4.78, 5) is 15.7. The number of carbonyl (C=O) groups is 1. The molecule has 110 valence electrons. The Labute approximate surface area is 125 Å². The van der Waals surface area contributed by atoms with Gasteiger partial charge in [0.2, 0.25) is 5.91 Å². The van der Waals surface area contributed by atoms with Gasteiger partial charge in [-0.15, -0.1) is 11.8 Å². The molecule has 0 N–H and O–H groups in total.